The standard InChI is InChI=1S/C8H9Cl2NO/c1-11-12-5-6-2-3-7(9)8(10)4-6/h2-4,11H,5H2,1H3. The Hall–Kier alpha value is -0.280. The average molecular weight is 206 g/mol. The lowest BCUT2D eigenvalue weighted by atomic mass is 10.2. The van der Waals surface area contributed by atoms with Crippen LogP contribution >= 0.6 is 23.2 Å². The molecule has 0 atom stereocenters. The fraction of sp³-hybridized carbons (Fsp3) is 0.250. The zero-order chi connectivity index (χ0) is 8.97. The second-order valence-corrected chi connectivity index (χ2v) is 3.06. The summed E-state index contributed by atoms with van der Waals surface area (Å²) >= 11 is 11.5. The van der Waals surface area contributed by atoms with Gasteiger partial charge in [0, 0.05) is 7.05 Å². The van der Waals surface area contributed by atoms with Gasteiger partial charge in [-0.05, 0) is 17.7 Å². The van der Waals surface area contributed by atoms with Crippen LogP contribution in [0.15, 0.2) is 18.2 Å². The van der Waals surface area contributed by atoms with Crippen LogP contribution in [0.4, 0.5) is 0 Å². The van der Waals surface area contributed by atoms with E-state index in [0.717, 1.165) is 5.56 Å². The summed E-state index contributed by atoms with van der Waals surface area (Å²) in [6.07, 6.45) is 0. The predicted octanol–water partition coefficient (Wildman–Crippen LogP) is 2.64. The van der Waals surface area contributed by atoms with Gasteiger partial charge in [0.1, 0.15) is 0 Å². The maximum atomic E-state index is 5.78. The molecule has 0 aliphatic carbocycles. The number of nitrogens with one attached hydrogen (secondary N) is 1. The molecule has 0 radical (unpaired) electrons. The molecule has 0 heterocycles. The molecular formula is C8H9Cl2NO. The Morgan fingerprint density at radius 3 is 2.67 bits per heavy atom. The summed E-state index contributed by atoms with van der Waals surface area (Å²) in [5, 5.41) is 1.11. The smallest absolute Gasteiger partial charge is 0.0933 e. The normalized spacial score (nSPS) is 10.2. The van der Waals surface area contributed by atoms with Gasteiger partial charge in [0.05, 0.1) is 16.7 Å². The maximum Gasteiger partial charge on any atom is 0.0933 e. The SMILES string of the molecule is CNOCc1ccc(Cl)c(Cl)c1. The molecule has 66 valence electrons. The number of rotatable bonds is 3. The van der Waals surface area contributed by atoms with Crippen molar-refractivity contribution in [2.24, 2.45) is 0 Å². The van der Waals surface area contributed by atoms with E-state index in [0.29, 0.717) is 16.7 Å². The minimum absolute atomic E-state index is 0.480. The first kappa shape index (κ1) is 9.81. The first-order chi connectivity index (χ1) is 5.74. The summed E-state index contributed by atoms with van der Waals surface area (Å²) in [7, 11) is 1.71. The minimum Gasteiger partial charge on any atom is -0.297 e. The third kappa shape index (κ3) is 2.64. The predicted molar refractivity (Wildman–Crippen MR) is 50.3 cm³/mol. The first-order valence-corrected chi connectivity index (χ1v) is 4.22. The van der Waals surface area contributed by atoms with E-state index in [2.05, 4.69) is 5.48 Å². The summed E-state index contributed by atoms with van der Waals surface area (Å²) in [4.78, 5) is 4.96. The molecule has 1 aromatic rings. The Morgan fingerprint density at radius 2 is 2.08 bits per heavy atom. The van der Waals surface area contributed by atoms with Crippen molar-refractivity contribution in [1.29, 1.82) is 0 Å². The van der Waals surface area contributed by atoms with Crippen molar-refractivity contribution in [1.82, 2.24) is 5.48 Å². The maximum absolute atomic E-state index is 5.78. The van der Waals surface area contributed by atoms with Gasteiger partial charge >= 0.3 is 0 Å². The van der Waals surface area contributed by atoms with E-state index in [4.69, 9.17) is 28.0 Å². The molecule has 0 saturated heterocycles. The van der Waals surface area contributed by atoms with Gasteiger partial charge in [-0.25, -0.2) is 5.48 Å². The number of hydrogen-bond acceptors (Lipinski definition) is 2. The number of benzene rings is 1. The molecule has 1 aromatic carbocycles. The Labute approximate surface area is 81.4 Å². The number of hydroxylamine groups is 1. The van der Waals surface area contributed by atoms with Crippen LogP contribution in [-0.2, 0) is 11.4 Å². The Balaban J connectivity index is 2.69. The molecule has 0 fully saturated rings. The van der Waals surface area contributed by atoms with Crippen LogP contribution in [0.3, 0.4) is 0 Å². The van der Waals surface area contributed by atoms with Gasteiger partial charge in [-0.3, -0.25) is 4.84 Å². The van der Waals surface area contributed by atoms with Gasteiger partial charge < -0.3 is 0 Å². The van der Waals surface area contributed by atoms with Gasteiger partial charge in [0.25, 0.3) is 0 Å². The van der Waals surface area contributed by atoms with E-state index in [-0.39, 0.29) is 0 Å². The van der Waals surface area contributed by atoms with Gasteiger partial charge in [-0.2, -0.15) is 0 Å². The zero-order valence-corrected chi connectivity index (χ0v) is 8.12. The van der Waals surface area contributed by atoms with Crippen molar-refractivity contribution < 1.29 is 4.84 Å². The van der Waals surface area contributed by atoms with Crippen LogP contribution in [0.5, 0.6) is 0 Å². The van der Waals surface area contributed by atoms with Crippen molar-refractivity contribution in [3.05, 3.63) is 33.8 Å². The van der Waals surface area contributed by atoms with Crippen LogP contribution in [0.25, 0.3) is 0 Å². The molecule has 0 aromatic heterocycles. The monoisotopic (exact) mass is 205 g/mol. The molecule has 0 saturated carbocycles. The summed E-state index contributed by atoms with van der Waals surface area (Å²) in [5.74, 6) is 0. The summed E-state index contributed by atoms with van der Waals surface area (Å²) in [6, 6.07) is 5.39. The molecule has 0 aliphatic rings. The van der Waals surface area contributed by atoms with E-state index in [1.54, 1.807) is 19.2 Å². The molecule has 4 heteroatoms. The second kappa shape index (κ2) is 4.67. The topological polar surface area (TPSA) is 21.3 Å². The summed E-state index contributed by atoms with van der Waals surface area (Å²) < 4.78 is 0. The second-order valence-electron chi connectivity index (χ2n) is 2.24. The van der Waals surface area contributed by atoms with Gasteiger partial charge in [0.2, 0.25) is 0 Å². The minimum atomic E-state index is 0.480. The molecule has 0 bridgehead atoms. The quantitative estimate of drug-likeness (QED) is 0.767. The van der Waals surface area contributed by atoms with Gasteiger partial charge in [-0.15, -0.1) is 0 Å². The van der Waals surface area contributed by atoms with Crippen molar-refractivity contribution >= 4 is 23.2 Å². The fourth-order valence-corrected chi connectivity index (χ4v) is 1.11. The summed E-state index contributed by atoms with van der Waals surface area (Å²) in [5.41, 5.74) is 3.56. The van der Waals surface area contributed by atoms with E-state index in [1.807, 2.05) is 6.07 Å². The van der Waals surface area contributed by atoms with Crippen LogP contribution in [-0.4, -0.2) is 7.05 Å². The van der Waals surface area contributed by atoms with E-state index in [1.165, 1.54) is 0 Å². The lowest BCUT2D eigenvalue weighted by Crippen LogP contribution is -2.06. The molecular weight excluding hydrogens is 197 g/mol. The van der Waals surface area contributed by atoms with E-state index in [9.17, 15) is 0 Å². The highest BCUT2D eigenvalue weighted by Gasteiger charge is 1.98. The zero-order valence-electron chi connectivity index (χ0n) is 6.60. The summed E-state index contributed by atoms with van der Waals surface area (Å²) in [6.45, 7) is 0.480. The lowest BCUT2D eigenvalue weighted by molar-refractivity contribution is 0.0444. The molecule has 1 N–H and O–H groups in total. The average Bonchev–Trinajstić information content (AvgIpc) is 2.07. The largest absolute Gasteiger partial charge is 0.297 e. The van der Waals surface area contributed by atoms with E-state index >= 15 is 0 Å². The molecule has 12 heavy (non-hydrogen) atoms. The van der Waals surface area contributed by atoms with Crippen molar-refractivity contribution in [2.45, 2.75) is 6.61 Å². The first-order valence-electron chi connectivity index (χ1n) is 3.46. The van der Waals surface area contributed by atoms with Gasteiger partial charge in [0.15, 0.2) is 0 Å². The molecule has 0 unspecified atom stereocenters. The third-order valence-corrected chi connectivity index (χ3v) is 2.11. The molecule has 0 aliphatic heterocycles. The number of halogens is 2. The van der Waals surface area contributed by atoms with Gasteiger partial charge in [-0.1, -0.05) is 29.3 Å². The van der Waals surface area contributed by atoms with E-state index < -0.39 is 0 Å². The third-order valence-electron chi connectivity index (χ3n) is 1.37. The Bertz CT molecular complexity index is 265. The highest BCUT2D eigenvalue weighted by atomic mass is 35.5. The molecule has 0 spiro atoms. The molecule has 0 amide bonds. The Kier molecular flexibility index (Phi) is 3.82. The highest BCUT2D eigenvalue weighted by molar-refractivity contribution is 6.41. The lowest BCUT2D eigenvalue weighted by Gasteiger charge is -2.02. The van der Waals surface area contributed by atoms with Crippen LogP contribution < -0.4 is 5.48 Å². The number of hydrogen-bond donors (Lipinski definition) is 1. The van der Waals surface area contributed by atoms with Crippen LogP contribution in [0.1, 0.15) is 5.56 Å². The molecule has 2 nitrogen and oxygen atoms in total. The van der Waals surface area contributed by atoms with Crippen molar-refractivity contribution in [3.8, 4) is 0 Å². The van der Waals surface area contributed by atoms with Crippen molar-refractivity contribution in [3.63, 3.8) is 0 Å². The van der Waals surface area contributed by atoms with Crippen LogP contribution in [0, 0.1) is 0 Å². The Morgan fingerprint density at radius 1 is 1.33 bits per heavy atom. The molecule has 1 rings (SSSR count). The highest BCUT2D eigenvalue weighted by Crippen LogP contribution is 2.22. The van der Waals surface area contributed by atoms with Crippen molar-refractivity contribution in [2.75, 3.05) is 7.05 Å². The van der Waals surface area contributed by atoms with Crippen LogP contribution in [0.2, 0.25) is 10.0 Å². The fourth-order valence-electron chi connectivity index (χ4n) is 0.785.